The Bertz CT molecular complexity index is 1540. The second-order valence-corrected chi connectivity index (χ2v) is 11.3. The summed E-state index contributed by atoms with van der Waals surface area (Å²) in [5.41, 5.74) is 4.94. The molecule has 0 bridgehead atoms. The number of carbonyl (C=O) groups is 1. The molecule has 1 aliphatic rings. The van der Waals surface area contributed by atoms with E-state index in [0.29, 0.717) is 59.3 Å². The molecule has 0 amide bonds. The highest BCUT2D eigenvalue weighted by atomic mass is 35.5. The highest BCUT2D eigenvalue weighted by Crippen LogP contribution is 2.32. The van der Waals surface area contributed by atoms with Crippen molar-refractivity contribution in [3.63, 3.8) is 0 Å². The third kappa shape index (κ3) is 5.86. The van der Waals surface area contributed by atoms with Crippen LogP contribution in [-0.4, -0.2) is 46.8 Å². The zero-order chi connectivity index (χ0) is 26.2. The van der Waals surface area contributed by atoms with E-state index in [-0.39, 0.29) is 12.0 Å². The maximum absolute atomic E-state index is 11.4. The number of aromatic amines is 1. The number of H-pyrrole nitrogens is 1. The number of rotatable bonds is 7. The lowest BCUT2D eigenvalue weighted by atomic mass is 9.87. The molecular formula is C26H25ClN4O5S. The van der Waals surface area contributed by atoms with Crippen LogP contribution in [0.3, 0.4) is 0 Å². The molecular weight excluding hydrogens is 516 g/mol. The van der Waals surface area contributed by atoms with E-state index >= 15 is 0 Å². The van der Waals surface area contributed by atoms with Gasteiger partial charge in [-0.05, 0) is 55.0 Å². The number of carboxylic acid groups (broad SMARTS) is 1. The summed E-state index contributed by atoms with van der Waals surface area (Å²) in [4.78, 5) is 23.4. The molecule has 1 fully saturated rings. The van der Waals surface area contributed by atoms with E-state index in [9.17, 15) is 18.3 Å². The fraction of sp³-hybridized carbons (Fsp3) is 0.269. The van der Waals surface area contributed by atoms with Crippen molar-refractivity contribution in [3.05, 3.63) is 59.6 Å². The first-order valence-corrected chi connectivity index (χ1v) is 14.1. The number of sulfonamides is 1. The molecule has 37 heavy (non-hydrogen) atoms. The van der Waals surface area contributed by atoms with Crippen LogP contribution in [-0.2, 0) is 14.8 Å². The van der Waals surface area contributed by atoms with E-state index in [4.69, 9.17) is 16.3 Å². The van der Waals surface area contributed by atoms with Gasteiger partial charge in [-0.15, -0.1) is 0 Å². The topological polar surface area (TPSA) is 134 Å². The summed E-state index contributed by atoms with van der Waals surface area (Å²) in [6.07, 6.45) is 3.53. The van der Waals surface area contributed by atoms with Crippen molar-refractivity contribution >= 4 is 44.4 Å². The van der Waals surface area contributed by atoms with E-state index < -0.39 is 16.0 Å². The monoisotopic (exact) mass is 540 g/mol. The number of hydrogen-bond donors (Lipinski definition) is 3. The van der Waals surface area contributed by atoms with Gasteiger partial charge in [-0.3, -0.25) is 9.52 Å². The number of imidazole rings is 1. The zero-order valence-electron chi connectivity index (χ0n) is 19.9. The molecule has 1 aliphatic carbocycles. The third-order valence-corrected chi connectivity index (χ3v) is 7.28. The molecule has 0 radical (unpaired) electrons. The molecule has 3 N–H and O–H groups in total. The molecule has 0 saturated heterocycles. The van der Waals surface area contributed by atoms with Gasteiger partial charge >= 0.3 is 5.97 Å². The van der Waals surface area contributed by atoms with Gasteiger partial charge < -0.3 is 14.8 Å². The van der Waals surface area contributed by atoms with E-state index in [2.05, 4.69) is 19.7 Å². The van der Waals surface area contributed by atoms with E-state index in [1.54, 1.807) is 18.2 Å². The zero-order valence-corrected chi connectivity index (χ0v) is 21.5. The number of aromatic nitrogens is 3. The molecule has 1 saturated carbocycles. The van der Waals surface area contributed by atoms with Crippen LogP contribution >= 0.6 is 11.6 Å². The number of aliphatic carboxylic acids is 1. The lowest BCUT2D eigenvalue weighted by Crippen LogP contribution is -2.28. The van der Waals surface area contributed by atoms with Crippen molar-refractivity contribution in [1.29, 1.82) is 0 Å². The number of nitrogens with zero attached hydrogens (tertiary/aromatic N) is 2. The fourth-order valence-electron chi connectivity index (χ4n) is 4.50. The Morgan fingerprint density at radius 1 is 1.00 bits per heavy atom. The van der Waals surface area contributed by atoms with E-state index in [1.165, 1.54) is 0 Å². The Morgan fingerprint density at radius 3 is 2.19 bits per heavy atom. The number of ether oxygens (including phenoxy) is 1. The van der Waals surface area contributed by atoms with Crippen LogP contribution in [0.1, 0.15) is 25.7 Å². The van der Waals surface area contributed by atoms with E-state index in [0.717, 1.165) is 22.9 Å². The van der Waals surface area contributed by atoms with Gasteiger partial charge in [0.2, 0.25) is 10.0 Å². The smallest absolute Gasteiger partial charge is 0.306 e. The van der Waals surface area contributed by atoms with Crippen LogP contribution < -0.4 is 9.46 Å². The predicted octanol–water partition coefficient (Wildman–Crippen LogP) is 5.34. The van der Waals surface area contributed by atoms with Crippen molar-refractivity contribution in [1.82, 2.24) is 15.0 Å². The first kappa shape index (κ1) is 25.0. The van der Waals surface area contributed by atoms with Crippen LogP contribution in [0.25, 0.3) is 33.5 Å². The normalized spacial score (nSPS) is 18.0. The van der Waals surface area contributed by atoms with Gasteiger partial charge in [-0.1, -0.05) is 48.0 Å². The number of benzene rings is 2. The molecule has 5 rings (SSSR count). The first-order valence-electron chi connectivity index (χ1n) is 11.8. The number of nitrogens with one attached hydrogen (secondary N) is 2. The van der Waals surface area contributed by atoms with Gasteiger partial charge in [-0.25, -0.2) is 13.4 Å². The van der Waals surface area contributed by atoms with Crippen LogP contribution in [0, 0.1) is 5.92 Å². The Hall–Kier alpha value is -3.63. The number of fused-ring (bicyclic) bond motifs is 1. The molecule has 0 spiro atoms. The minimum atomic E-state index is -3.33. The van der Waals surface area contributed by atoms with Crippen LogP contribution in [0.2, 0.25) is 5.02 Å². The molecule has 2 aromatic carbocycles. The molecule has 0 aliphatic heterocycles. The number of hydrogen-bond acceptors (Lipinski definition) is 6. The molecule has 9 nitrogen and oxygen atoms in total. The number of pyridine rings is 1. The van der Waals surface area contributed by atoms with Crippen molar-refractivity contribution in [2.45, 2.75) is 31.8 Å². The lowest BCUT2D eigenvalue weighted by molar-refractivity contribution is -0.143. The van der Waals surface area contributed by atoms with Gasteiger partial charge in [0.1, 0.15) is 6.10 Å². The summed E-state index contributed by atoms with van der Waals surface area (Å²) < 4.78 is 31.2. The standard InChI is InChI=1S/C26H25ClN4O5S/c1-37(34,35)31-19-10-6-16(7-11-19)15-2-4-17(5-3-15)23-21(27)14-22-24(29-23)30-26(28-22)36-20-12-8-18(9-13-20)25(32)33/h2-7,10-11,14,18,20,31H,8-9,12-13H2,1H3,(H,32,33)(H,28,29,30). The molecule has 2 aromatic heterocycles. The maximum Gasteiger partial charge on any atom is 0.306 e. The van der Waals surface area contributed by atoms with Crippen LogP contribution in [0.4, 0.5) is 5.69 Å². The molecule has 0 unspecified atom stereocenters. The largest absolute Gasteiger partial charge is 0.481 e. The summed E-state index contributed by atoms with van der Waals surface area (Å²) in [5.74, 6) is -1.05. The molecule has 192 valence electrons. The van der Waals surface area contributed by atoms with Crippen LogP contribution in [0.5, 0.6) is 6.01 Å². The number of anilines is 1. The lowest BCUT2D eigenvalue weighted by Gasteiger charge is -2.25. The maximum atomic E-state index is 11.4. The Morgan fingerprint density at radius 2 is 1.59 bits per heavy atom. The quantitative estimate of drug-likeness (QED) is 0.288. The van der Waals surface area contributed by atoms with Gasteiger partial charge in [0.15, 0.2) is 5.65 Å². The predicted molar refractivity (Wildman–Crippen MR) is 142 cm³/mol. The molecule has 0 atom stereocenters. The van der Waals surface area contributed by atoms with Crippen LogP contribution in [0.15, 0.2) is 54.6 Å². The van der Waals surface area contributed by atoms with Gasteiger partial charge in [0.05, 0.1) is 28.4 Å². The SMILES string of the molecule is CS(=O)(=O)Nc1ccc(-c2ccc(-c3nc4nc(OC5CCC(C(=O)O)CC5)[nH]c4cc3Cl)cc2)cc1. The second kappa shape index (κ2) is 10.0. The third-order valence-electron chi connectivity index (χ3n) is 6.39. The summed E-state index contributed by atoms with van der Waals surface area (Å²) in [6, 6.07) is 17.0. The van der Waals surface area contributed by atoms with Crippen molar-refractivity contribution in [2.75, 3.05) is 11.0 Å². The second-order valence-electron chi connectivity index (χ2n) is 9.19. The number of halogens is 1. The van der Waals surface area contributed by atoms with Crippen molar-refractivity contribution in [3.8, 4) is 28.4 Å². The van der Waals surface area contributed by atoms with Gasteiger partial charge in [-0.2, -0.15) is 4.98 Å². The molecule has 2 heterocycles. The summed E-state index contributed by atoms with van der Waals surface area (Å²) >= 11 is 6.55. The average Bonchev–Trinajstić information content (AvgIpc) is 3.24. The summed E-state index contributed by atoms with van der Waals surface area (Å²) in [6.45, 7) is 0. The van der Waals surface area contributed by atoms with E-state index in [1.807, 2.05) is 36.4 Å². The number of carboxylic acids is 1. The van der Waals surface area contributed by atoms with Gasteiger partial charge in [0, 0.05) is 11.3 Å². The van der Waals surface area contributed by atoms with Gasteiger partial charge in [0.25, 0.3) is 6.01 Å². The first-order chi connectivity index (χ1) is 17.6. The Labute approximate surface area is 218 Å². The molecule has 4 aromatic rings. The Kier molecular flexibility index (Phi) is 6.78. The average molecular weight is 541 g/mol. The highest BCUT2D eigenvalue weighted by molar-refractivity contribution is 7.92. The highest BCUT2D eigenvalue weighted by Gasteiger charge is 2.27. The van der Waals surface area contributed by atoms with Crippen molar-refractivity contribution < 1.29 is 23.1 Å². The Balaban J connectivity index is 1.31. The minimum absolute atomic E-state index is 0.0881. The fourth-order valence-corrected chi connectivity index (χ4v) is 5.33. The summed E-state index contributed by atoms with van der Waals surface area (Å²) in [5, 5.41) is 9.64. The summed E-state index contributed by atoms with van der Waals surface area (Å²) in [7, 11) is -3.33. The minimum Gasteiger partial charge on any atom is -0.481 e. The van der Waals surface area contributed by atoms with Crippen molar-refractivity contribution in [2.24, 2.45) is 5.92 Å². The molecule has 11 heteroatoms.